The lowest BCUT2D eigenvalue weighted by Gasteiger charge is -2.39. The maximum atomic E-state index is 13.1. The summed E-state index contributed by atoms with van der Waals surface area (Å²) in [5, 5.41) is 19.2. The lowest BCUT2D eigenvalue weighted by atomic mass is 9.81. The van der Waals surface area contributed by atoms with Crippen LogP contribution in [0.1, 0.15) is 43.5 Å². The van der Waals surface area contributed by atoms with Crippen molar-refractivity contribution in [2.45, 2.75) is 56.3 Å². The zero-order chi connectivity index (χ0) is 24.0. The van der Waals surface area contributed by atoms with Gasteiger partial charge in [0.25, 0.3) is 0 Å². The molecule has 1 aromatic heterocycles. The molecule has 1 fully saturated rings. The summed E-state index contributed by atoms with van der Waals surface area (Å²) in [6, 6.07) is 20.1. The third-order valence-electron chi connectivity index (χ3n) is 6.39. The molecule has 8 heteroatoms. The van der Waals surface area contributed by atoms with Crippen molar-refractivity contribution in [2.24, 2.45) is 0 Å². The van der Waals surface area contributed by atoms with Crippen molar-refractivity contribution in [3.63, 3.8) is 0 Å². The van der Waals surface area contributed by atoms with Gasteiger partial charge in [-0.15, -0.1) is 10.2 Å². The summed E-state index contributed by atoms with van der Waals surface area (Å²) in [6.45, 7) is 2.25. The number of benzene rings is 2. The van der Waals surface area contributed by atoms with E-state index in [2.05, 4.69) is 16.3 Å². The number of aromatic nitrogens is 3. The second kappa shape index (κ2) is 10.7. The Bertz CT molecular complexity index is 1170. The molecule has 0 radical (unpaired) electrons. The molecule has 4 rings (SSSR count). The number of carbonyl (C=O) groups is 1. The number of hydrogen-bond acceptors (Lipinski definition) is 6. The fourth-order valence-electron chi connectivity index (χ4n) is 4.31. The largest absolute Gasteiger partial charge is 0.485 e. The van der Waals surface area contributed by atoms with E-state index in [0.717, 1.165) is 49.1 Å². The summed E-state index contributed by atoms with van der Waals surface area (Å²) < 4.78 is 7.95. The summed E-state index contributed by atoms with van der Waals surface area (Å²) in [5.41, 5.74) is 1.25. The molecular weight excluding hydrogens is 446 g/mol. The van der Waals surface area contributed by atoms with E-state index in [0.29, 0.717) is 11.0 Å². The minimum absolute atomic E-state index is 0.0752. The van der Waals surface area contributed by atoms with Crippen LogP contribution in [0, 0.1) is 18.3 Å². The molecule has 1 aliphatic rings. The fourth-order valence-corrected chi connectivity index (χ4v) is 5.19. The van der Waals surface area contributed by atoms with E-state index < -0.39 is 5.54 Å². The monoisotopic (exact) mass is 475 g/mol. The molecule has 1 saturated carbocycles. The number of nitriles is 1. The molecule has 0 atom stereocenters. The number of thioether (sulfide) groups is 1. The number of rotatable bonds is 8. The predicted molar refractivity (Wildman–Crippen MR) is 132 cm³/mol. The van der Waals surface area contributed by atoms with E-state index in [1.54, 1.807) is 11.9 Å². The standard InChI is InChI=1S/C26H29N5O2S/c1-20-11-7-8-14-22(20)33-17-23-28-29-25(31(23)21-12-5-3-6-13-21)34-18-24(32)30(2)26(19-27)15-9-4-10-16-26/h3,5-8,11-14H,4,9-10,15-18H2,1-2H3. The summed E-state index contributed by atoms with van der Waals surface area (Å²) in [7, 11) is 1.75. The van der Waals surface area contributed by atoms with Crippen molar-refractivity contribution >= 4 is 17.7 Å². The second-order valence-corrected chi connectivity index (χ2v) is 9.51. The first-order valence-corrected chi connectivity index (χ1v) is 12.5. The van der Waals surface area contributed by atoms with E-state index in [4.69, 9.17) is 4.74 Å². The molecule has 3 aromatic rings. The van der Waals surface area contributed by atoms with Crippen LogP contribution in [0.15, 0.2) is 59.8 Å². The van der Waals surface area contributed by atoms with Gasteiger partial charge in [0.05, 0.1) is 11.8 Å². The van der Waals surface area contributed by atoms with Crippen molar-refractivity contribution in [3.8, 4) is 17.5 Å². The highest BCUT2D eigenvalue weighted by Gasteiger charge is 2.38. The molecule has 0 bridgehead atoms. The SMILES string of the molecule is Cc1ccccc1OCc1nnc(SCC(=O)N(C)C2(C#N)CCCCC2)n1-c1ccccc1. The Balaban J connectivity index is 1.52. The van der Waals surface area contributed by atoms with Gasteiger partial charge in [0.2, 0.25) is 5.91 Å². The lowest BCUT2D eigenvalue weighted by molar-refractivity contribution is -0.131. The van der Waals surface area contributed by atoms with Gasteiger partial charge < -0.3 is 9.64 Å². The van der Waals surface area contributed by atoms with Crippen molar-refractivity contribution < 1.29 is 9.53 Å². The number of amides is 1. The number of aryl methyl sites for hydroxylation is 1. The second-order valence-electron chi connectivity index (χ2n) is 8.57. The minimum atomic E-state index is -0.699. The number of carbonyl (C=O) groups excluding carboxylic acids is 1. The zero-order valence-corrected chi connectivity index (χ0v) is 20.4. The highest BCUT2D eigenvalue weighted by atomic mass is 32.2. The van der Waals surface area contributed by atoms with Crippen molar-refractivity contribution in [1.29, 1.82) is 5.26 Å². The van der Waals surface area contributed by atoms with Crippen LogP contribution in [0.5, 0.6) is 5.75 Å². The van der Waals surface area contributed by atoms with Crippen LogP contribution in [0.4, 0.5) is 0 Å². The third-order valence-corrected chi connectivity index (χ3v) is 7.31. The highest BCUT2D eigenvalue weighted by Crippen LogP contribution is 2.33. The van der Waals surface area contributed by atoms with Gasteiger partial charge in [-0.2, -0.15) is 5.26 Å². The molecule has 0 N–H and O–H groups in total. The van der Waals surface area contributed by atoms with Gasteiger partial charge in [-0.05, 0) is 43.5 Å². The van der Waals surface area contributed by atoms with Crippen LogP contribution >= 0.6 is 11.8 Å². The number of ether oxygens (including phenoxy) is 1. The smallest absolute Gasteiger partial charge is 0.234 e. The predicted octanol–water partition coefficient (Wildman–Crippen LogP) is 4.93. The summed E-state index contributed by atoms with van der Waals surface area (Å²) in [6.07, 6.45) is 4.54. The quantitative estimate of drug-likeness (QED) is 0.430. The topological polar surface area (TPSA) is 84.0 Å². The van der Waals surface area contributed by atoms with Gasteiger partial charge in [-0.25, -0.2) is 0 Å². The first-order valence-electron chi connectivity index (χ1n) is 11.5. The van der Waals surface area contributed by atoms with Gasteiger partial charge in [0.1, 0.15) is 17.9 Å². The highest BCUT2D eigenvalue weighted by molar-refractivity contribution is 7.99. The van der Waals surface area contributed by atoms with Crippen LogP contribution in [0.2, 0.25) is 0 Å². The Hall–Kier alpha value is -3.31. The average molecular weight is 476 g/mol. The molecule has 1 heterocycles. The first kappa shape index (κ1) is 23.8. The Labute approximate surface area is 204 Å². The van der Waals surface area contributed by atoms with E-state index in [-0.39, 0.29) is 18.3 Å². The molecule has 34 heavy (non-hydrogen) atoms. The van der Waals surface area contributed by atoms with E-state index in [1.807, 2.05) is 66.1 Å². The lowest BCUT2D eigenvalue weighted by Crippen LogP contribution is -2.50. The van der Waals surface area contributed by atoms with Gasteiger partial charge in [-0.1, -0.05) is 67.4 Å². The van der Waals surface area contributed by atoms with Crippen LogP contribution in [-0.4, -0.2) is 43.9 Å². The zero-order valence-electron chi connectivity index (χ0n) is 19.6. The Morgan fingerprint density at radius 2 is 1.82 bits per heavy atom. The molecule has 0 saturated heterocycles. The molecule has 7 nitrogen and oxygen atoms in total. The molecule has 176 valence electrons. The first-order chi connectivity index (χ1) is 16.5. The molecule has 2 aromatic carbocycles. The Morgan fingerprint density at radius 1 is 1.12 bits per heavy atom. The molecule has 1 aliphatic carbocycles. The van der Waals surface area contributed by atoms with Gasteiger partial charge in [0.15, 0.2) is 11.0 Å². The minimum Gasteiger partial charge on any atom is -0.485 e. The molecule has 0 unspecified atom stereocenters. The maximum absolute atomic E-state index is 13.1. The molecule has 0 spiro atoms. The van der Waals surface area contributed by atoms with Crippen LogP contribution in [-0.2, 0) is 11.4 Å². The van der Waals surface area contributed by atoms with Crippen LogP contribution in [0.3, 0.4) is 0 Å². The Kier molecular flexibility index (Phi) is 7.53. The maximum Gasteiger partial charge on any atom is 0.234 e. The molecular formula is C26H29N5O2S. The Morgan fingerprint density at radius 3 is 2.53 bits per heavy atom. The third kappa shape index (κ3) is 5.10. The average Bonchev–Trinajstić information content (AvgIpc) is 3.30. The molecule has 1 amide bonds. The van der Waals surface area contributed by atoms with E-state index in [1.165, 1.54) is 11.8 Å². The van der Waals surface area contributed by atoms with Gasteiger partial charge >= 0.3 is 0 Å². The number of nitrogens with zero attached hydrogens (tertiary/aromatic N) is 5. The summed E-state index contributed by atoms with van der Waals surface area (Å²) in [4.78, 5) is 14.7. The van der Waals surface area contributed by atoms with Gasteiger partial charge in [-0.3, -0.25) is 9.36 Å². The summed E-state index contributed by atoms with van der Waals surface area (Å²) in [5.74, 6) is 1.56. The van der Waals surface area contributed by atoms with Crippen molar-refractivity contribution in [2.75, 3.05) is 12.8 Å². The normalized spacial score (nSPS) is 14.9. The summed E-state index contributed by atoms with van der Waals surface area (Å²) >= 11 is 1.33. The number of para-hydroxylation sites is 2. The van der Waals surface area contributed by atoms with E-state index in [9.17, 15) is 10.1 Å². The van der Waals surface area contributed by atoms with E-state index >= 15 is 0 Å². The van der Waals surface area contributed by atoms with Crippen LogP contribution < -0.4 is 4.74 Å². The number of hydrogen-bond donors (Lipinski definition) is 0. The van der Waals surface area contributed by atoms with Crippen LogP contribution in [0.25, 0.3) is 5.69 Å². The van der Waals surface area contributed by atoms with Gasteiger partial charge in [0, 0.05) is 12.7 Å². The fraction of sp³-hybridized carbons (Fsp3) is 0.385. The van der Waals surface area contributed by atoms with Crippen molar-refractivity contribution in [1.82, 2.24) is 19.7 Å². The molecule has 0 aliphatic heterocycles. The van der Waals surface area contributed by atoms with Crippen molar-refractivity contribution in [3.05, 3.63) is 66.0 Å².